The third kappa shape index (κ3) is 3.15. The van der Waals surface area contributed by atoms with Gasteiger partial charge in [0.1, 0.15) is 5.60 Å². The second-order valence-electron chi connectivity index (χ2n) is 6.65. The number of methoxy groups -OCH3 is 1. The van der Waals surface area contributed by atoms with Gasteiger partial charge in [-0.2, -0.15) is 0 Å². The van der Waals surface area contributed by atoms with Gasteiger partial charge in [0.25, 0.3) is 0 Å². The molecule has 3 atom stereocenters. The molecule has 5 heteroatoms. The first-order valence-corrected chi connectivity index (χ1v) is 7.85. The number of amides is 1. The van der Waals surface area contributed by atoms with Crippen LogP contribution < -0.4 is 10.6 Å². The maximum atomic E-state index is 12.1. The van der Waals surface area contributed by atoms with E-state index < -0.39 is 0 Å². The first-order chi connectivity index (χ1) is 9.69. The quantitative estimate of drug-likeness (QED) is 0.784. The molecule has 0 spiro atoms. The summed E-state index contributed by atoms with van der Waals surface area (Å²) < 4.78 is 10.9. The van der Waals surface area contributed by atoms with E-state index in [1.807, 2.05) is 0 Å². The molecule has 5 nitrogen and oxygen atoms in total. The molecule has 3 rings (SSSR count). The normalized spacial score (nSPS) is 40.0. The van der Waals surface area contributed by atoms with Crippen LogP contribution in [-0.4, -0.2) is 50.5 Å². The van der Waals surface area contributed by atoms with Crippen LogP contribution in [0.4, 0.5) is 0 Å². The minimum atomic E-state index is -0.303. The highest BCUT2D eigenvalue weighted by Crippen LogP contribution is 2.32. The van der Waals surface area contributed by atoms with E-state index in [1.165, 1.54) is 12.8 Å². The number of ether oxygens (including phenoxy) is 2. The zero-order valence-electron chi connectivity index (χ0n) is 12.3. The fourth-order valence-electron chi connectivity index (χ4n) is 3.90. The summed E-state index contributed by atoms with van der Waals surface area (Å²) >= 11 is 0. The zero-order valence-corrected chi connectivity index (χ0v) is 12.3. The maximum Gasteiger partial charge on any atom is 0.220 e. The molecule has 114 valence electrons. The zero-order chi connectivity index (χ0) is 14.0. The molecule has 0 saturated carbocycles. The van der Waals surface area contributed by atoms with Crippen LogP contribution >= 0.6 is 0 Å². The minimum Gasteiger partial charge on any atom is -0.378 e. The van der Waals surface area contributed by atoms with Gasteiger partial charge in [0.15, 0.2) is 0 Å². The van der Waals surface area contributed by atoms with Gasteiger partial charge in [-0.15, -0.1) is 0 Å². The fraction of sp³-hybridized carbons (Fsp3) is 0.933. The van der Waals surface area contributed by atoms with Crippen LogP contribution in [0.25, 0.3) is 0 Å². The fourth-order valence-corrected chi connectivity index (χ4v) is 3.90. The van der Waals surface area contributed by atoms with E-state index in [0.717, 1.165) is 25.9 Å². The highest BCUT2D eigenvalue weighted by atomic mass is 16.5. The number of carbonyl (C=O) groups is 1. The summed E-state index contributed by atoms with van der Waals surface area (Å²) in [7, 11) is 1.70. The van der Waals surface area contributed by atoms with Crippen LogP contribution in [0.3, 0.4) is 0 Å². The average molecular weight is 282 g/mol. The van der Waals surface area contributed by atoms with E-state index in [1.54, 1.807) is 7.11 Å². The van der Waals surface area contributed by atoms with Crippen LogP contribution in [-0.2, 0) is 14.3 Å². The Bertz CT molecular complexity index is 343. The molecule has 2 bridgehead atoms. The summed E-state index contributed by atoms with van der Waals surface area (Å²) in [5.41, 5.74) is -0.303. The first kappa shape index (κ1) is 14.3. The van der Waals surface area contributed by atoms with Crippen molar-refractivity contribution in [3.8, 4) is 0 Å². The Labute approximate surface area is 120 Å². The summed E-state index contributed by atoms with van der Waals surface area (Å²) in [6, 6.07) is 1.31. The largest absolute Gasteiger partial charge is 0.378 e. The van der Waals surface area contributed by atoms with Crippen LogP contribution in [0, 0.1) is 5.92 Å². The Morgan fingerprint density at radius 3 is 2.75 bits per heavy atom. The lowest BCUT2D eigenvalue weighted by Gasteiger charge is -2.29. The number of nitrogens with one attached hydrogen (secondary N) is 2. The molecule has 20 heavy (non-hydrogen) atoms. The third-order valence-corrected chi connectivity index (χ3v) is 5.15. The van der Waals surface area contributed by atoms with E-state index in [0.29, 0.717) is 37.6 Å². The Balaban J connectivity index is 1.43. The molecule has 3 saturated heterocycles. The van der Waals surface area contributed by atoms with Crippen molar-refractivity contribution in [2.45, 2.75) is 56.2 Å². The van der Waals surface area contributed by atoms with Crippen molar-refractivity contribution in [2.75, 3.05) is 26.9 Å². The predicted molar refractivity (Wildman–Crippen MR) is 75.5 cm³/mol. The highest BCUT2D eigenvalue weighted by Gasteiger charge is 2.36. The standard InChI is InChI=1S/C15H26N2O3/c1-19-15(4-5-20-10-15)9-16-14(18)8-11-6-12-2-3-13(7-11)17-12/h11-13,17H,2-10H2,1H3,(H,16,18). The number of hydrogen-bond donors (Lipinski definition) is 2. The Morgan fingerprint density at radius 2 is 2.15 bits per heavy atom. The SMILES string of the molecule is COC1(CNC(=O)CC2CC3CCC(C2)N3)CCOC1. The monoisotopic (exact) mass is 282 g/mol. The van der Waals surface area contributed by atoms with Gasteiger partial charge in [0.05, 0.1) is 6.61 Å². The molecule has 3 unspecified atom stereocenters. The molecular formula is C15H26N2O3. The van der Waals surface area contributed by atoms with Gasteiger partial charge >= 0.3 is 0 Å². The number of rotatable bonds is 5. The topological polar surface area (TPSA) is 59.6 Å². The molecule has 3 aliphatic rings. The summed E-state index contributed by atoms with van der Waals surface area (Å²) in [4.78, 5) is 12.1. The van der Waals surface area contributed by atoms with Crippen molar-refractivity contribution in [1.82, 2.24) is 10.6 Å². The van der Waals surface area contributed by atoms with Crippen molar-refractivity contribution < 1.29 is 14.3 Å². The van der Waals surface area contributed by atoms with Crippen LogP contribution in [0.1, 0.15) is 38.5 Å². The van der Waals surface area contributed by atoms with Crippen LogP contribution in [0.2, 0.25) is 0 Å². The third-order valence-electron chi connectivity index (χ3n) is 5.15. The van der Waals surface area contributed by atoms with Crippen LogP contribution in [0.5, 0.6) is 0 Å². The number of fused-ring (bicyclic) bond motifs is 2. The van der Waals surface area contributed by atoms with Crippen LogP contribution in [0.15, 0.2) is 0 Å². The van der Waals surface area contributed by atoms with E-state index in [-0.39, 0.29) is 11.5 Å². The van der Waals surface area contributed by atoms with Crippen molar-refractivity contribution in [3.05, 3.63) is 0 Å². The Morgan fingerprint density at radius 1 is 1.40 bits per heavy atom. The number of carbonyl (C=O) groups excluding carboxylic acids is 1. The van der Waals surface area contributed by atoms with Gasteiger partial charge in [-0.25, -0.2) is 0 Å². The van der Waals surface area contributed by atoms with E-state index >= 15 is 0 Å². The summed E-state index contributed by atoms with van der Waals surface area (Å²) in [6.07, 6.45) is 6.40. The Kier molecular flexibility index (Phi) is 4.29. The smallest absolute Gasteiger partial charge is 0.220 e. The predicted octanol–water partition coefficient (Wildman–Crippen LogP) is 0.829. The molecular weight excluding hydrogens is 256 g/mol. The lowest BCUT2D eigenvalue weighted by Crippen LogP contribution is -2.46. The first-order valence-electron chi connectivity index (χ1n) is 7.85. The molecule has 0 aromatic carbocycles. The van der Waals surface area contributed by atoms with Crippen molar-refractivity contribution >= 4 is 5.91 Å². The van der Waals surface area contributed by atoms with Gasteiger partial charge in [0, 0.05) is 45.2 Å². The lowest BCUT2D eigenvalue weighted by atomic mass is 9.89. The second-order valence-corrected chi connectivity index (χ2v) is 6.65. The highest BCUT2D eigenvalue weighted by molar-refractivity contribution is 5.76. The summed E-state index contributed by atoms with van der Waals surface area (Å²) in [5.74, 6) is 0.715. The van der Waals surface area contributed by atoms with Gasteiger partial charge in [-0.1, -0.05) is 0 Å². The van der Waals surface area contributed by atoms with E-state index in [4.69, 9.17) is 9.47 Å². The van der Waals surface area contributed by atoms with Crippen molar-refractivity contribution in [3.63, 3.8) is 0 Å². The molecule has 3 fully saturated rings. The lowest BCUT2D eigenvalue weighted by molar-refractivity contribution is -0.124. The molecule has 1 amide bonds. The molecule has 3 aliphatic heterocycles. The minimum absolute atomic E-state index is 0.166. The molecule has 0 aromatic rings. The Hall–Kier alpha value is -0.650. The number of hydrogen-bond acceptors (Lipinski definition) is 4. The van der Waals surface area contributed by atoms with Gasteiger partial charge in [0.2, 0.25) is 5.91 Å². The second kappa shape index (κ2) is 6.00. The number of piperidine rings is 1. The maximum absolute atomic E-state index is 12.1. The summed E-state index contributed by atoms with van der Waals surface area (Å²) in [5, 5.41) is 6.67. The molecule has 0 radical (unpaired) electrons. The van der Waals surface area contributed by atoms with E-state index in [9.17, 15) is 4.79 Å². The molecule has 3 heterocycles. The molecule has 2 N–H and O–H groups in total. The molecule has 0 aromatic heterocycles. The van der Waals surface area contributed by atoms with Gasteiger partial charge in [-0.3, -0.25) is 4.79 Å². The average Bonchev–Trinajstić information content (AvgIpc) is 3.04. The summed E-state index contributed by atoms with van der Waals surface area (Å²) in [6.45, 7) is 1.88. The van der Waals surface area contributed by atoms with Gasteiger partial charge < -0.3 is 20.1 Å². The van der Waals surface area contributed by atoms with E-state index in [2.05, 4.69) is 10.6 Å². The van der Waals surface area contributed by atoms with Crippen molar-refractivity contribution in [1.29, 1.82) is 0 Å². The molecule has 0 aliphatic carbocycles. The van der Waals surface area contributed by atoms with Gasteiger partial charge in [-0.05, 0) is 31.6 Å². The van der Waals surface area contributed by atoms with Crippen molar-refractivity contribution in [2.24, 2.45) is 5.92 Å².